The second-order valence-electron chi connectivity index (χ2n) is 5.06. The lowest BCUT2D eigenvalue weighted by atomic mass is 9.93. The molecule has 118 valence electrons. The predicted molar refractivity (Wildman–Crippen MR) is 79.8 cm³/mol. The van der Waals surface area contributed by atoms with Gasteiger partial charge in [-0.2, -0.15) is 13.9 Å². The third-order valence-corrected chi connectivity index (χ3v) is 4.39. The summed E-state index contributed by atoms with van der Waals surface area (Å²) < 4.78 is 45.0. The molecule has 1 heterocycles. The molecule has 7 heteroatoms. The highest BCUT2D eigenvalue weighted by Gasteiger charge is 2.24. The van der Waals surface area contributed by atoms with Crippen molar-refractivity contribution in [3.8, 4) is 17.0 Å². The highest BCUT2D eigenvalue weighted by molar-refractivity contribution is 7.97. The van der Waals surface area contributed by atoms with E-state index in [-0.39, 0.29) is 11.3 Å². The maximum Gasteiger partial charge on any atom is 0.387 e. The van der Waals surface area contributed by atoms with Crippen molar-refractivity contribution >= 4 is 11.9 Å². The lowest BCUT2D eigenvalue weighted by molar-refractivity contribution is -0.0498. The first-order chi connectivity index (χ1) is 10.6. The molecule has 3 rings (SSSR count). The summed E-state index contributed by atoms with van der Waals surface area (Å²) in [7, 11) is 0. The van der Waals surface area contributed by atoms with Gasteiger partial charge in [0, 0.05) is 17.4 Å². The number of hydrogen-bond acceptors (Lipinski definition) is 3. The van der Waals surface area contributed by atoms with Gasteiger partial charge in [0.1, 0.15) is 11.6 Å². The van der Waals surface area contributed by atoms with Crippen LogP contribution in [0.15, 0.2) is 18.2 Å². The molecule has 0 unspecified atom stereocenters. The Bertz CT molecular complexity index is 688. The largest absolute Gasteiger partial charge is 0.435 e. The molecular formula is C15H15F3N2OS. The first-order valence-corrected chi connectivity index (χ1v) is 8.18. The molecule has 0 saturated carbocycles. The third kappa shape index (κ3) is 2.82. The molecule has 22 heavy (non-hydrogen) atoms. The summed E-state index contributed by atoms with van der Waals surface area (Å²) in [6, 6.07) is 3.63. The summed E-state index contributed by atoms with van der Waals surface area (Å²) in [4.78, 5) is 0. The Morgan fingerprint density at radius 3 is 2.77 bits per heavy atom. The fourth-order valence-corrected chi connectivity index (χ4v) is 3.38. The van der Waals surface area contributed by atoms with Crippen LogP contribution >= 0.6 is 11.9 Å². The second kappa shape index (κ2) is 6.24. The summed E-state index contributed by atoms with van der Waals surface area (Å²) >= 11 is 1.45. The third-order valence-electron chi connectivity index (χ3n) is 3.74. The number of rotatable bonds is 4. The second-order valence-corrected chi connectivity index (χ2v) is 5.77. The molecule has 0 bridgehead atoms. The molecule has 1 aliphatic carbocycles. The predicted octanol–water partition coefficient (Wildman–Crippen LogP) is 4.30. The van der Waals surface area contributed by atoms with Crippen molar-refractivity contribution in [1.29, 1.82) is 0 Å². The normalized spacial score (nSPS) is 14.2. The van der Waals surface area contributed by atoms with Gasteiger partial charge in [0.15, 0.2) is 0 Å². The molecule has 1 aliphatic rings. The number of nitrogens with zero attached hydrogens (tertiary/aromatic N) is 2. The van der Waals surface area contributed by atoms with Crippen molar-refractivity contribution in [2.45, 2.75) is 32.3 Å². The van der Waals surface area contributed by atoms with Crippen LogP contribution in [0.1, 0.15) is 24.1 Å². The first-order valence-electron chi connectivity index (χ1n) is 7.00. The van der Waals surface area contributed by atoms with E-state index in [0.29, 0.717) is 5.69 Å². The van der Waals surface area contributed by atoms with Gasteiger partial charge in [-0.1, -0.05) is 0 Å². The van der Waals surface area contributed by atoms with Gasteiger partial charge in [0.25, 0.3) is 0 Å². The molecule has 0 spiro atoms. The van der Waals surface area contributed by atoms with E-state index in [0.717, 1.165) is 43.0 Å². The van der Waals surface area contributed by atoms with Gasteiger partial charge in [-0.05, 0) is 55.8 Å². The van der Waals surface area contributed by atoms with Crippen LogP contribution in [0.25, 0.3) is 11.3 Å². The molecule has 1 aromatic carbocycles. The minimum absolute atomic E-state index is 0.0605. The number of benzene rings is 1. The highest BCUT2D eigenvalue weighted by atomic mass is 32.2. The van der Waals surface area contributed by atoms with E-state index in [9.17, 15) is 13.2 Å². The van der Waals surface area contributed by atoms with E-state index >= 15 is 0 Å². The number of aromatic nitrogens is 2. The van der Waals surface area contributed by atoms with Crippen LogP contribution < -0.4 is 4.74 Å². The number of ether oxygens (including phenoxy) is 1. The van der Waals surface area contributed by atoms with E-state index in [4.69, 9.17) is 0 Å². The van der Waals surface area contributed by atoms with Crippen molar-refractivity contribution in [1.82, 2.24) is 9.19 Å². The summed E-state index contributed by atoms with van der Waals surface area (Å²) in [6.45, 7) is -2.93. The molecule has 0 radical (unpaired) electrons. The monoisotopic (exact) mass is 328 g/mol. The maximum absolute atomic E-state index is 14.2. The van der Waals surface area contributed by atoms with Crippen molar-refractivity contribution < 1.29 is 17.9 Å². The molecule has 0 saturated heterocycles. The minimum Gasteiger partial charge on any atom is -0.435 e. The summed E-state index contributed by atoms with van der Waals surface area (Å²) in [6.07, 6.45) is 5.73. The molecule has 2 aromatic rings. The number of fused-ring (bicyclic) bond motifs is 1. The topological polar surface area (TPSA) is 27.1 Å². The molecule has 0 fully saturated rings. The molecule has 1 aromatic heterocycles. The highest BCUT2D eigenvalue weighted by Crippen LogP contribution is 2.35. The summed E-state index contributed by atoms with van der Waals surface area (Å²) in [5.41, 5.74) is 2.84. The quantitative estimate of drug-likeness (QED) is 0.837. The van der Waals surface area contributed by atoms with Gasteiger partial charge in [-0.3, -0.25) is 0 Å². The summed E-state index contributed by atoms with van der Waals surface area (Å²) in [5, 5.41) is 4.46. The lowest BCUT2D eigenvalue weighted by Gasteiger charge is -2.13. The van der Waals surface area contributed by atoms with Gasteiger partial charge in [-0.25, -0.2) is 8.48 Å². The summed E-state index contributed by atoms with van der Waals surface area (Å²) in [5.74, 6) is -0.546. The molecule has 3 nitrogen and oxygen atoms in total. The maximum atomic E-state index is 14.2. The minimum atomic E-state index is -2.93. The van der Waals surface area contributed by atoms with Crippen LogP contribution in [0.2, 0.25) is 0 Å². The standard InChI is InChI=1S/C15H15F3N2OS/c1-22-20-13-5-3-2-4-10(13)14(19-20)11-8-9(21-15(17)18)6-7-12(11)16/h6-8,15H,2-5H2,1H3. The zero-order chi connectivity index (χ0) is 15.7. The zero-order valence-corrected chi connectivity index (χ0v) is 12.8. The van der Waals surface area contributed by atoms with Crippen LogP contribution in [-0.2, 0) is 12.8 Å². The molecule has 0 amide bonds. The fourth-order valence-electron chi connectivity index (χ4n) is 2.80. The van der Waals surface area contributed by atoms with E-state index in [1.165, 1.54) is 24.1 Å². The average Bonchev–Trinajstić information content (AvgIpc) is 2.87. The SMILES string of the molecule is CSn1nc(-c2cc(OC(F)F)ccc2F)c2c1CCCC2. The van der Waals surface area contributed by atoms with E-state index in [1.54, 1.807) is 4.09 Å². The van der Waals surface area contributed by atoms with Crippen molar-refractivity contribution in [2.75, 3.05) is 6.26 Å². The van der Waals surface area contributed by atoms with E-state index in [1.807, 2.05) is 6.26 Å². The Hall–Kier alpha value is -1.63. The molecule has 0 atom stereocenters. The van der Waals surface area contributed by atoms with Crippen molar-refractivity contribution in [2.24, 2.45) is 0 Å². The Kier molecular flexibility index (Phi) is 4.33. The zero-order valence-electron chi connectivity index (χ0n) is 12.0. The van der Waals surface area contributed by atoms with Crippen LogP contribution in [0.3, 0.4) is 0 Å². The van der Waals surface area contributed by atoms with Crippen LogP contribution in [0.4, 0.5) is 13.2 Å². The first kappa shape index (κ1) is 15.3. The van der Waals surface area contributed by atoms with Gasteiger partial charge in [-0.15, -0.1) is 0 Å². The number of alkyl halides is 2. The Morgan fingerprint density at radius 1 is 1.27 bits per heavy atom. The van der Waals surface area contributed by atoms with E-state index < -0.39 is 12.4 Å². The average molecular weight is 328 g/mol. The Morgan fingerprint density at radius 2 is 2.05 bits per heavy atom. The van der Waals surface area contributed by atoms with Crippen LogP contribution in [0.5, 0.6) is 5.75 Å². The molecular weight excluding hydrogens is 313 g/mol. The van der Waals surface area contributed by atoms with Crippen LogP contribution in [-0.4, -0.2) is 22.1 Å². The Labute approximate surface area is 130 Å². The fraction of sp³-hybridized carbons (Fsp3) is 0.400. The molecule has 0 aliphatic heterocycles. The molecule has 0 N–H and O–H groups in total. The lowest BCUT2D eigenvalue weighted by Crippen LogP contribution is -2.05. The smallest absolute Gasteiger partial charge is 0.387 e. The number of hydrogen-bond donors (Lipinski definition) is 0. The van der Waals surface area contributed by atoms with Crippen molar-refractivity contribution in [3.63, 3.8) is 0 Å². The number of halogens is 3. The van der Waals surface area contributed by atoms with Gasteiger partial charge in [0.05, 0.1) is 11.4 Å². The van der Waals surface area contributed by atoms with E-state index in [2.05, 4.69) is 9.84 Å². The van der Waals surface area contributed by atoms with Gasteiger partial charge in [0.2, 0.25) is 0 Å². The van der Waals surface area contributed by atoms with Crippen molar-refractivity contribution in [3.05, 3.63) is 35.3 Å². The Balaban J connectivity index is 2.09. The van der Waals surface area contributed by atoms with Gasteiger partial charge >= 0.3 is 6.61 Å². The van der Waals surface area contributed by atoms with Crippen LogP contribution in [0, 0.1) is 5.82 Å². The van der Waals surface area contributed by atoms with Gasteiger partial charge < -0.3 is 4.74 Å².